The number of aliphatic hydroxyl groups is 2. The maximum absolute atomic E-state index is 14.8. The van der Waals surface area contributed by atoms with Crippen molar-refractivity contribution < 1.29 is 96.5 Å². The molecule has 764 valence electrons. The standard InChI is InChI=1S/C95H133N25O20S/c1-53(2)48-71-87(132)109-67(35-42-97)82(127)107-65(22-15-41-96)86(131)117-78(55(5)121)89(134)103-47-38-70(85(130)108-68(36-43-98)84(129)114-72(88(133)113-71)49-57-18-9-8-10-19-57)110-83(128)69(37-44-99)112-91(136)79(56(6)122)116-76(124)34-33-75(123)115-77(54(3)4)90(135)111-66(23-16-46-104-92(100)137)81(126)106-60-27-25-58(26-28-60)51-140-94(139)105-52-95(39-17-40-95)118-93(138)120-73-50-61(141-74-24-12-11-21-63(74)80(125)101-7)30-31-62(73)64(119-120)32-29-59-20-13-14-45-102-59/h8-14,18-21,24-32,45,50,53-56,65-72,77-79,121-122H,15-17,22-23,33-44,46-49,51-52,96-99H2,1-7H3,(H,101,125)(H,103,134)(H,105,139)(H,106,126)(H,107,127)(H,108,130)(H,109,132)(H,110,128)(H,111,135)(H,112,136)(H,113,133)(H,114,129)(H,115,123)(H,116,124)(H,117,131)(H,118,138)(H3,100,104,137)/b32-29+/t55-,56-,65+,66+,67+,68+,69+,70+,71+,72-,77+,78+,79+/m1/s1. The smallest absolute Gasteiger partial charge is 0.407 e. The second kappa shape index (κ2) is 56.3. The summed E-state index contributed by atoms with van der Waals surface area (Å²) in [6, 6.07) is 14.6. The maximum atomic E-state index is 14.8. The minimum absolute atomic E-state index is 0.00345. The Labute approximate surface area is 820 Å². The Morgan fingerprint density at radius 1 is 0.596 bits per heavy atom. The molecule has 1 aliphatic carbocycles. The van der Waals surface area contributed by atoms with Crippen molar-refractivity contribution in [3.8, 4) is 0 Å². The van der Waals surface area contributed by atoms with Gasteiger partial charge in [-0.3, -0.25) is 72.1 Å². The predicted octanol–water partition coefficient (Wildman–Crippen LogP) is -0.969. The van der Waals surface area contributed by atoms with Crippen molar-refractivity contribution in [2.24, 2.45) is 40.5 Å². The van der Waals surface area contributed by atoms with Gasteiger partial charge >= 0.3 is 18.2 Å². The van der Waals surface area contributed by atoms with Crippen molar-refractivity contribution in [3.63, 3.8) is 0 Å². The molecule has 2 aromatic heterocycles. The van der Waals surface area contributed by atoms with E-state index in [-0.39, 0.29) is 121 Å². The molecule has 0 bridgehead atoms. The molecule has 8 rings (SSSR count). The van der Waals surface area contributed by atoms with Crippen LogP contribution in [0.2, 0.25) is 0 Å². The minimum Gasteiger partial charge on any atom is -0.445 e. The van der Waals surface area contributed by atoms with Crippen molar-refractivity contribution >= 4 is 141 Å². The summed E-state index contributed by atoms with van der Waals surface area (Å²) in [5, 5.41) is 71.8. The number of fused-ring (bicyclic) bond motifs is 1. The summed E-state index contributed by atoms with van der Waals surface area (Å²) < 4.78 is 6.87. The van der Waals surface area contributed by atoms with Gasteiger partial charge in [0.2, 0.25) is 76.8 Å². The fourth-order valence-electron chi connectivity index (χ4n) is 15.3. The van der Waals surface area contributed by atoms with Gasteiger partial charge in [-0.2, -0.15) is 9.78 Å². The number of anilines is 1. The van der Waals surface area contributed by atoms with Crippen molar-refractivity contribution in [2.45, 2.75) is 238 Å². The van der Waals surface area contributed by atoms with Crippen LogP contribution < -0.4 is 119 Å². The molecule has 1 saturated carbocycles. The molecular weight excluding hydrogens is 1840 g/mol. The third kappa shape index (κ3) is 35.3. The first-order valence-electron chi connectivity index (χ1n) is 46.9. The number of aliphatic hydroxyl groups excluding tert-OH is 2. The zero-order valence-electron chi connectivity index (χ0n) is 80.0. The van der Waals surface area contributed by atoms with Gasteiger partial charge in [0.15, 0.2) is 0 Å². The van der Waals surface area contributed by atoms with Gasteiger partial charge in [0, 0.05) is 73.0 Å². The van der Waals surface area contributed by atoms with E-state index < -0.39 is 211 Å². The maximum Gasteiger partial charge on any atom is 0.407 e. The Hall–Kier alpha value is -14.1. The largest absolute Gasteiger partial charge is 0.445 e. The number of pyridine rings is 1. The van der Waals surface area contributed by atoms with E-state index in [0.717, 1.165) is 18.2 Å². The van der Waals surface area contributed by atoms with Crippen LogP contribution in [-0.2, 0) is 80.1 Å². The normalized spacial score (nSPS) is 19.1. The number of benzene rings is 4. The molecule has 46 heteroatoms. The number of hydrogen-bond donors (Lipinski definition) is 24. The van der Waals surface area contributed by atoms with Crippen LogP contribution in [0.3, 0.4) is 0 Å². The van der Waals surface area contributed by atoms with E-state index in [1.807, 2.05) is 42.5 Å². The second-order valence-corrected chi connectivity index (χ2v) is 36.3. The number of nitrogens with one attached hydrogen (secondary N) is 17. The van der Waals surface area contributed by atoms with Gasteiger partial charge in [-0.15, -0.1) is 0 Å². The van der Waals surface area contributed by atoms with Crippen LogP contribution in [0.1, 0.15) is 164 Å². The van der Waals surface area contributed by atoms with Crippen LogP contribution in [0.25, 0.3) is 23.1 Å². The van der Waals surface area contributed by atoms with Gasteiger partial charge in [-0.25, -0.2) is 14.4 Å². The lowest BCUT2D eigenvalue weighted by Gasteiger charge is -2.42. The number of ether oxygens (including phenoxy) is 1. The molecule has 1 saturated heterocycles. The topological polar surface area (TPSA) is 705 Å². The number of carbonyl (C=O) groups is 17. The zero-order valence-corrected chi connectivity index (χ0v) is 80.8. The molecule has 6 aromatic rings. The molecule has 1 aliphatic heterocycles. The quantitative estimate of drug-likeness (QED) is 0.0205. The fraction of sp³-hybridized carbons (Fsp3) is 0.484. The van der Waals surface area contributed by atoms with Crippen LogP contribution in [0.5, 0.6) is 0 Å². The second-order valence-electron chi connectivity index (χ2n) is 35.2. The highest BCUT2D eigenvalue weighted by Gasteiger charge is 2.42. The first-order valence-corrected chi connectivity index (χ1v) is 47.7. The lowest BCUT2D eigenvalue weighted by atomic mass is 9.76. The number of primary amides is 1. The van der Waals surface area contributed by atoms with Crippen LogP contribution >= 0.6 is 11.8 Å². The molecule has 13 atom stereocenters. The summed E-state index contributed by atoms with van der Waals surface area (Å²) in [6.45, 7) is 7.62. The van der Waals surface area contributed by atoms with Gasteiger partial charge in [0.25, 0.3) is 5.91 Å². The molecule has 3 heterocycles. The summed E-state index contributed by atoms with van der Waals surface area (Å²) >= 11 is 1.35. The van der Waals surface area contributed by atoms with Crippen molar-refractivity contribution in [1.82, 2.24) is 99.8 Å². The molecule has 141 heavy (non-hydrogen) atoms. The number of rotatable bonds is 43. The van der Waals surface area contributed by atoms with Crippen molar-refractivity contribution in [2.75, 3.05) is 58.2 Å². The Kier molecular flexibility index (Phi) is 44.8. The lowest BCUT2D eigenvalue weighted by molar-refractivity contribution is -0.136. The number of alkyl carbamates (subject to hydrolysis) is 1. The molecule has 18 amide bonds. The minimum atomic E-state index is -1.85. The number of nitrogens with zero attached hydrogens (tertiary/aromatic N) is 3. The summed E-state index contributed by atoms with van der Waals surface area (Å²) in [5.74, 6) is -13.5. The lowest BCUT2D eigenvalue weighted by Crippen LogP contribution is -2.61. The summed E-state index contributed by atoms with van der Waals surface area (Å²) in [4.78, 5) is 243. The van der Waals surface area contributed by atoms with Crippen molar-refractivity contribution in [3.05, 3.63) is 150 Å². The zero-order chi connectivity index (χ0) is 103. The highest BCUT2D eigenvalue weighted by Crippen LogP contribution is 2.36. The third-order valence-corrected chi connectivity index (χ3v) is 24.3. The van der Waals surface area contributed by atoms with Crippen molar-refractivity contribution in [1.29, 1.82) is 0 Å². The van der Waals surface area contributed by atoms with E-state index in [1.54, 1.807) is 114 Å². The average molecular weight is 1980 g/mol. The number of aromatic nitrogens is 3. The van der Waals surface area contributed by atoms with Crippen LogP contribution in [-0.4, -0.2) is 263 Å². The Bertz CT molecular complexity index is 5340. The SMILES string of the molecule is CNC(=O)c1ccccc1Sc1ccc2c(/C=C/c3ccccn3)nn(C(=O)NC3(CNC(=O)OCc4ccc(NC(=O)[C@H](CCCNC(N)=O)NC(=O)[C@@H](NC(=O)CCC(=O)N[C@H](C(=O)N[C@@H](CCN)C(=O)N[C@H]5CCNC(=O)[C@H]([C@@H](C)O)NC(=O)[C@H](CCCN)NC(=O)[C@H](CCN)NC(=O)[C@H](CC(C)C)NC(=O)[C@@H](Cc6ccccc6)NC(=O)[C@H](CCN)NC5=O)[C@@H](C)O)C(C)C)cc4)CCC3)c2c1. The van der Waals surface area contributed by atoms with Gasteiger partial charge in [0.1, 0.15) is 73.1 Å². The van der Waals surface area contributed by atoms with Gasteiger partial charge in [-0.1, -0.05) is 100 Å². The Morgan fingerprint density at radius 3 is 1.79 bits per heavy atom. The highest BCUT2D eigenvalue weighted by molar-refractivity contribution is 7.99. The first-order chi connectivity index (χ1) is 67.3. The summed E-state index contributed by atoms with van der Waals surface area (Å²) in [6.07, 6.45) is 0.213. The van der Waals surface area contributed by atoms with Gasteiger partial charge in [-0.05, 0) is 207 Å². The molecule has 0 radical (unpaired) electrons. The summed E-state index contributed by atoms with van der Waals surface area (Å²) in [7, 11) is 1.55. The van der Waals surface area contributed by atoms with Crippen LogP contribution in [0.4, 0.5) is 20.1 Å². The number of carbonyl (C=O) groups excluding carboxylic acids is 17. The van der Waals surface area contributed by atoms with Gasteiger partial charge < -0.3 is 134 Å². The molecule has 45 nitrogen and oxygen atoms in total. The molecule has 0 unspecified atom stereocenters. The van der Waals surface area contributed by atoms with E-state index >= 15 is 0 Å². The molecule has 4 aromatic carbocycles. The number of urea groups is 1. The van der Waals surface area contributed by atoms with Gasteiger partial charge in [0.05, 0.1) is 40.2 Å². The Balaban J connectivity index is 0.889. The number of amides is 18. The number of hydrogen-bond acceptors (Lipinski definition) is 27. The molecule has 2 fully saturated rings. The monoisotopic (exact) mass is 1980 g/mol. The Morgan fingerprint density at radius 2 is 1.19 bits per heavy atom. The van der Waals surface area contributed by atoms with Crippen LogP contribution in [0, 0.1) is 11.8 Å². The average Bonchev–Trinajstić information content (AvgIpc) is 1.64. The first kappa shape index (κ1) is 112. The van der Waals surface area contributed by atoms with E-state index in [2.05, 4.69) is 95.4 Å². The van der Waals surface area contributed by atoms with E-state index in [1.165, 1.54) is 35.5 Å². The van der Waals surface area contributed by atoms with E-state index in [9.17, 15) is 91.7 Å². The molecule has 0 spiro atoms. The third-order valence-electron chi connectivity index (χ3n) is 23.2. The highest BCUT2D eigenvalue weighted by atomic mass is 32.2. The summed E-state index contributed by atoms with van der Waals surface area (Å²) in [5.41, 5.74) is 31.6. The fourth-order valence-corrected chi connectivity index (χ4v) is 16.3. The van der Waals surface area contributed by atoms with E-state index in [4.69, 9.17) is 38.5 Å². The van der Waals surface area contributed by atoms with E-state index in [0.29, 0.717) is 56.7 Å². The van der Waals surface area contributed by atoms with Crippen LogP contribution in [0.15, 0.2) is 131 Å². The molecule has 29 N–H and O–H groups in total. The number of nitrogens with two attached hydrogens (primary N) is 5. The molecule has 2 aliphatic rings. The predicted molar refractivity (Wildman–Crippen MR) is 523 cm³/mol. The molecular formula is C95H133N25O20S.